The number of rotatable bonds is 2. The summed E-state index contributed by atoms with van der Waals surface area (Å²) >= 11 is 1.43. The number of hydrogen-bond donors (Lipinski definition) is 0. The molecule has 24 heavy (non-hydrogen) atoms. The summed E-state index contributed by atoms with van der Waals surface area (Å²) in [4.78, 5) is 14.4. The van der Waals surface area contributed by atoms with Gasteiger partial charge in [-0.05, 0) is 25.0 Å². The molecule has 1 unspecified atom stereocenters. The zero-order valence-electron chi connectivity index (χ0n) is 14.3. The minimum absolute atomic E-state index is 0.172. The molecule has 0 spiro atoms. The van der Waals surface area contributed by atoms with E-state index in [4.69, 9.17) is 0 Å². The Labute approximate surface area is 145 Å². The molecule has 2 heterocycles. The Balaban J connectivity index is 1.78. The molecule has 1 amide bonds. The number of likely N-dealkylation sites (tertiary alicyclic amines) is 1. The summed E-state index contributed by atoms with van der Waals surface area (Å²) in [5.41, 5.74) is 0.112. The van der Waals surface area contributed by atoms with Crippen LogP contribution in [-0.4, -0.2) is 34.1 Å². The number of carbonyl (C=O) groups excluding carboxylic acids is 1. The van der Waals surface area contributed by atoms with E-state index < -0.39 is 0 Å². The van der Waals surface area contributed by atoms with Crippen molar-refractivity contribution in [3.8, 4) is 10.6 Å². The molecule has 1 aromatic carbocycles. The molecule has 1 fully saturated rings. The fraction of sp³-hybridized carbons (Fsp3) is 0.500. The lowest BCUT2D eigenvalue weighted by molar-refractivity contribution is -0.140. The number of piperidine rings is 1. The van der Waals surface area contributed by atoms with E-state index in [2.05, 4.69) is 10.2 Å². The molecule has 1 atom stereocenters. The molecule has 1 aromatic heterocycles. The van der Waals surface area contributed by atoms with Crippen LogP contribution in [0, 0.1) is 11.2 Å². The molecule has 0 radical (unpaired) electrons. The van der Waals surface area contributed by atoms with Gasteiger partial charge in [0.2, 0.25) is 5.91 Å². The van der Waals surface area contributed by atoms with E-state index in [1.165, 1.54) is 17.4 Å². The normalized spacial score (nSPS) is 18.7. The standard InChI is InChI=1S/C18H22FN3OS/c1-18(2,3)17(23)22-10-6-7-12(11-22)15-20-21-16(24-15)13-8-4-5-9-14(13)19/h4-5,8-9,12H,6-7,10-11H2,1-3H3. The first-order valence-corrected chi connectivity index (χ1v) is 9.05. The molecule has 0 saturated carbocycles. The third-order valence-electron chi connectivity index (χ3n) is 4.24. The van der Waals surface area contributed by atoms with Crippen molar-refractivity contribution >= 4 is 17.2 Å². The molecule has 128 valence electrons. The smallest absolute Gasteiger partial charge is 0.227 e. The predicted molar refractivity (Wildman–Crippen MR) is 93.3 cm³/mol. The van der Waals surface area contributed by atoms with Crippen LogP contribution in [0.5, 0.6) is 0 Å². The van der Waals surface area contributed by atoms with Crippen LogP contribution in [0.3, 0.4) is 0 Å². The van der Waals surface area contributed by atoms with Gasteiger partial charge in [-0.25, -0.2) is 4.39 Å². The van der Waals surface area contributed by atoms with Gasteiger partial charge in [0.1, 0.15) is 10.8 Å². The Morgan fingerprint density at radius 3 is 2.75 bits per heavy atom. The Bertz CT molecular complexity index is 738. The highest BCUT2D eigenvalue weighted by molar-refractivity contribution is 7.14. The lowest BCUT2D eigenvalue weighted by atomic mass is 9.91. The SMILES string of the molecule is CC(C)(C)C(=O)N1CCCC(c2nnc(-c3ccccc3F)s2)C1. The fourth-order valence-corrected chi connectivity index (χ4v) is 3.98. The Hall–Kier alpha value is -1.82. The third kappa shape index (κ3) is 3.48. The van der Waals surface area contributed by atoms with Crippen LogP contribution in [-0.2, 0) is 4.79 Å². The number of hydrogen-bond acceptors (Lipinski definition) is 4. The van der Waals surface area contributed by atoms with E-state index in [0.717, 1.165) is 24.4 Å². The molecule has 1 aliphatic heterocycles. The van der Waals surface area contributed by atoms with Crippen molar-refractivity contribution in [2.75, 3.05) is 13.1 Å². The maximum Gasteiger partial charge on any atom is 0.227 e. The average molecular weight is 347 g/mol. The summed E-state index contributed by atoms with van der Waals surface area (Å²) in [6.45, 7) is 7.30. The summed E-state index contributed by atoms with van der Waals surface area (Å²) in [5, 5.41) is 9.93. The molecule has 6 heteroatoms. The van der Waals surface area contributed by atoms with Gasteiger partial charge in [-0.2, -0.15) is 0 Å². The molecule has 2 aromatic rings. The number of benzene rings is 1. The topological polar surface area (TPSA) is 46.1 Å². The minimum Gasteiger partial charge on any atom is -0.342 e. The summed E-state index contributed by atoms with van der Waals surface area (Å²) in [6.07, 6.45) is 1.95. The Kier molecular flexibility index (Phi) is 4.67. The molecule has 0 aliphatic carbocycles. The van der Waals surface area contributed by atoms with Crippen molar-refractivity contribution in [1.82, 2.24) is 15.1 Å². The van der Waals surface area contributed by atoms with Crippen molar-refractivity contribution in [2.45, 2.75) is 39.5 Å². The molecular formula is C18H22FN3OS. The van der Waals surface area contributed by atoms with E-state index in [9.17, 15) is 9.18 Å². The minimum atomic E-state index is -0.374. The fourth-order valence-electron chi connectivity index (χ4n) is 2.98. The van der Waals surface area contributed by atoms with Gasteiger partial charge in [0.15, 0.2) is 5.01 Å². The molecule has 1 aliphatic rings. The van der Waals surface area contributed by atoms with Crippen LogP contribution < -0.4 is 0 Å². The highest BCUT2D eigenvalue weighted by Crippen LogP contribution is 2.34. The molecule has 3 rings (SSSR count). The van der Waals surface area contributed by atoms with Crippen molar-refractivity contribution in [3.05, 3.63) is 35.1 Å². The van der Waals surface area contributed by atoms with Gasteiger partial charge in [-0.1, -0.05) is 44.2 Å². The number of amides is 1. The Morgan fingerprint density at radius 1 is 1.29 bits per heavy atom. The van der Waals surface area contributed by atoms with Gasteiger partial charge in [-0.15, -0.1) is 10.2 Å². The van der Waals surface area contributed by atoms with E-state index in [1.54, 1.807) is 18.2 Å². The number of carbonyl (C=O) groups is 1. The highest BCUT2D eigenvalue weighted by Gasteiger charge is 2.32. The lowest BCUT2D eigenvalue weighted by Gasteiger charge is -2.35. The lowest BCUT2D eigenvalue weighted by Crippen LogP contribution is -2.44. The number of nitrogens with zero attached hydrogens (tertiary/aromatic N) is 3. The molecule has 0 bridgehead atoms. The molecule has 4 nitrogen and oxygen atoms in total. The zero-order chi connectivity index (χ0) is 17.3. The van der Waals surface area contributed by atoms with Gasteiger partial charge >= 0.3 is 0 Å². The van der Waals surface area contributed by atoms with Crippen LogP contribution in [0.15, 0.2) is 24.3 Å². The Morgan fingerprint density at radius 2 is 2.04 bits per heavy atom. The van der Waals surface area contributed by atoms with Gasteiger partial charge in [0.25, 0.3) is 0 Å². The zero-order valence-corrected chi connectivity index (χ0v) is 15.1. The van der Waals surface area contributed by atoms with Gasteiger partial charge in [0, 0.05) is 30.0 Å². The maximum absolute atomic E-state index is 13.9. The predicted octanol–water partition coefficient (Wildman–Crippen LogP) is 4.10. The van der Waals surface area contributed by atoms with Gasteiger partial charge in [0.05, 0.1) is 0 Å². The van der Waals surface area contributed by atoms with Gasteiger partial charge < -0.3 is 4.90 Å². The van der Waals surface area contributed by atoms with E-state index in [0.29, 0.717) is 17.1 Å². The van der Waals surface area contributed by atoms with Crippen molar-refractivity contribution < 1.29 is 9.18 Å². The van der Waals surface area contributed by atoms with E-state index in [-0.39, 0.29) is 23.1 Å². The van der Waals surface area contributed by atoms with Gasteiger partial charge in [-0.3, -0.25) is 4.79 Å². The maximum atomic E-state index is 13.9. The second kappa shape index (κ2) is 6.59. The highest BCUT2D eigenvalue weighted by atomic mass is 32.1. The van der Waals surface area contributed by atoms with E-state index >= 15 is 0 Å². The number of halogens is 1. The third-order valence-corrected chi connectivity index (χ3v) is 5.36. The summed E-state index contributed by atoms with van der Waals surface area (Å²) < 4.78 is 13.9. The van der Waals surface area contributed by atoms with E-state index in [1.807, 2.05) is 25.7 Å². The molecule has 0 N–H and O–H groups in total. The quantitative estimate of drug-likeness (QED) is 0.822. The molecule has 1 saturated heterocycles. The number of aromatic nitrogens is 2. The second-order valence-corrected chi connectivity index (χ2v) is 8.27. The first-order chi connectivity index (χ1) is 11.4. The average Bonchev–Trinajstić information content (AvgIpc) is 3.03. The summed E-state index contributed by atoms with van der Waals surface area (Å²) in [7, 11) is 0. The van der Waals surface area contributed by atoms with Crippen LogP contribution in [0.4, 0.5) is 4.39 Å². The molecular weight excluding hydrogens is 325 g/mol. The van der Waals surface area contributed by atoms with Crippen LogP contribution in [0.2, 0.25) is 0 Å². The van der Waals surface area contributed by atoms with Crippen LogP contribution >= 0.6 is 11.3 Å². The monoisotopic (exact) mass is 347 g/mol. The van der Waals surface area contributed by atoms with Crippen molar-refractivity contribution in [3.63, 3.8) is 0 Å². The van der Waals surface area contributed by atoms with Crippen molar-refractivity contribution in [1.29, 1.82) is 0 Å². The first kappa shape index (κ1) is 17.0. The second-order valence-electron chi connectivity index (χ2n) is 7.27. The summed E-state index contributed by atoms with van der Waals surface area (Å²) in [5.74, 6) is 0.0718. The first-order valence-electron chi connectivity index (χ1n) is 8.24. The van der Waals surface area contributed by atoms with Crippen molar-refractivity contribution in [2.24, 2.45) is 5.41 Å². The van der Waals surface area contributed by atoms with Crippen LogP contribution in [0.25, 0.3) is 10.6 Å². The van der Waals surface area contributed by atoms with Crippen LogP contribution in [0.1, 0.15) is 44.5 Å². The summed E-state index contributed by atoms with van der Waals surface area (Å²) in [6, 6.07) is 6.61. The largest absolute Gasteiger partial charge is 0.342 e.